The van der Waals surface area contributed by atoms with Crippen molar-refractivity contribution < 1.29 is 18.7 Å². The number of Topliss-reactive ketones (excluding diaryl/α,β-unsaturated/α-hetero) is 1. The summed E-state index contributed by atoms with van der Waals surface area (Å²) in [5, 5.41) is 2.83. The molecule has 0 bridgehead atoms. The van der Waals surface area contributed by atoms with Gasteiger partial charge in [-0.05, 0) is 37.3 Å². The average Bonchev–Trinajstić information content (AvgIpc) is 3.00. The first kappa shape index (κ1) is 15.8. The fourth-order valence-electron chi connectivity index (χ4n) is 2.15. The molecule has 1 amide bonds. The van der Waals surface area contributed by atoms with Crippen LogP contribution >= 0.6 is 0 Å². The number of hydrogen-bond donors (Lipinski definition) is 1. The lowest BCUT2D eigenvalue weighted by atomic mass is 10.0. The smallest absolute Gasteiger partial charge is 0.224 e. The Kier molecular flexibility index (Phi) is 5.36. The van der Waals surface area contributed by atoms with E-state index in [0.717, 1.165) is 5.76 Å². The first-order valence-corrected chi connectivity index (χ1v) is 7.07. The second-order valence-corrected chi connectivity index (χ2v) is 4.94. The first-order valence-electron chi connectivity index (χ1n) is 7.07. The van der Waals surface area contributed by atoms with Gasteiger partial charge in [0.1, 0.15) is 11.5 Å². The Morgan fingerprint density at radius 2 is 2.09 bits per heavy atom. The Morgan fingerprint density at radius 3 is 2.73 bits per heavy atom. The van der Waals surface area contributed by atoms with Crippen LogP contribution in [0.25, 0.3) is 0 Å². The van der Waals surface area contributed by atoms with Crippen LogP contribution in [-0.4, -0.2) is 25.3 Å². The van der Waals surface area contributed by atoms with E-state index in [4.69, 9.17) is 9.15 Å². The fraction of sp³-hybridized carbons (Fsp3) is 0.294. The molecule has 22 heavy (non-hydrogen) atoms. The Morgan fingerprint density at radius 1 is 1.27 bits per heavy atom. The number of benzene rings is 1. The van der Waals surface area contributed by atoms with Gasteiger partial charge in [0, 0.05) is 24.1 Å². The normalized spacial score (nSPS) is 10.3. The Hall–Kier alpha value is -2.56. The molecule has 5 heteroatoms. The molecule has 0 unspecified atom stereocenters. The molecule has 1 N–H and O–H groups in total. The summed E-state index contributed by atoms with van der Waals surface area (Å²) in [6.45, 7) is 2.00. The Labute approximate surface area is 129 Å². The lowest BCUT2D eigenvalue weighted by Gasteiger charge is -2.10. The number of furan rings is 1. The van der Waals surface area contributed by atoms with Crippen LogP contribution in [0.4, 0.5) is 0 Å². The molecule has 0 aliphatic rings. The molecule has 1 heterocycles. The first-order chi connectivity index (χ1) is 10.6. The standard InChI is InChI=1S/C17H19NO4/c1-12(19)13-5-6-16(21-2)14(10-13)11-17(20)18-8-7-15-4-3-9-22-15/h3-6,9-10H,7-8,11H2,1-2H3,(H,18,20). The zero-order valence-corrected chi connectivity index (χ0v) is 12.7. The molecule has 0 fully saturated rings. The molecule has 5 nitrogen and oxygen atoms in total. The van der Waals surface area contributed by atoms with E-state index in [1.807, 2.05) is 12.1 Å². The van der Waals surface area contributed by atoms with Crippen molar-refractivity contribution in [1.82, 2.24) is 5.32 Å². The van der Waals surface area contributed by atoms with Gasteiger partial charge in [0.25, 0.3) is 0 Å². The highest BCUT2D eigenvalue weighted by Crippen LogP contribution is 2.20. The third-order valence-electron chi connectivity index (χ3n) is 3.31. The van der Waals surface area contributed by atoms with E-state index < -0.39 is 0 Å². The fourth-order valence-corrected chi connectivity index (χ4v) is 2.15. The van der Waals surface area contributed by atoms with Gasteiger partial charge in [-0.3, -0.25) is 9.59 Å². The van der Waals surface area contributed by atoms with E-state index in [0.29, 0.717) is 29.8 Å². The van der Waals surface area contributed by atoms with Crippen LogP contribution in [-0.2, 0) is 17.6 Å². The minimum Gasteiger partial charge on any atom is -0.496 e. The monoisotopic (exact) mass is 301 g/mol. The van der Waals surface area contributed by atoms with Gasteiger partial charge >= 0.3 is 0 Å². The van der Waals surface area contributed by atoms with Crippen LogP contribution in [0.15, 0.2) is 41.0 Å². The van der Waals surface area contributed by atoms with Crippen molar-refractivity contribution >= 4 is 11.7 Å². The number of rotatable bonds is 7. The number of hydrogen-bond acceptors (Lipinski definition) is 4. The van der Waals surface area contributed by atoms with Crippen LogP contribution in [0.1, 0.15) is 28.6 Å². The minimum absolute atomic E-state index is 0.0397. The molecule has 0 aliphatic heterocycles. The summed E-state index contributed by atoms with van der Waals surface area (Å²) in [5.41, 5.74) is 1.27. The summed E-state index contributed by atoms with van der Waals surface area (Å²) in [6.07, 6.45) is 2.42. The van der Waals surface area contributed by atoms with E-state index in [-0.39, 0.29) is 18.1 Å². The maximum Gasteiger partial charge on any atom is 0.224 e. The van der Waals surface area contributed by atoms with Crippen molar-refractivity contribution in [3.63, 3.8) is 0 Å². The quantitative estimate of drug-likeness (QED) is 0.797. The molecule has 0 radical (unpaired) electrons. The van der Waals surface area contributed by atoms with Crippen molar-refractivity contribution in [2.75, 3.05) is 13.7 Å². The molecule has 116 valence electrons. The SMILES string of the molecule is COc1ccc(C(C)=O)cc1CC(=O)NCCc1ccco1. The number of ether oxygens (including phenoxy) is 1. The summed E-state index contributed by atoms with van der Waals surface area (Å²) in [5.74, 6) is 1.27. The third kappa shape index (κ3) is 4.22. The minimum atomic E-state index is -0.120. The second kappa shape index (κ2) is 7.45. The van der Waals surface area contributed by atoms with Crippen LogP contribution in [0.5, 0.6) is 5.75 Å². The molecular weight excluding hydrogens is 282 g/mol. The largest absolute Gasteiger partial charge is 0.496 e. The van der Waals surface area contributed by atoms with Gasteiger partial charge < -0.3 is 14.5 Å². The van der Waals surface area contributed by atoms with Crippen molar-refractivity contribution in [2.24, 2.45) is 0 Å². The molecule has 2 aromatic rings. The van der Waals surface area contributed by atoms with Crippen molar-refractivity contribution in [2.45, 2.75) is 19.8 Å². The van der Waals surface area contributed by atoms with Crippen LogP contribution < -0.4 is 10.1 Å². The van der Waals surface area contributed by atoms with E-state index in [1.54, 1.807) is 31.6 Å². The van der Waals surface area contributed by atoms with E-state index >= 15 is 0 Å². The number of amides is 1. The Bertz CT molecular complexity index is 647. The van der Waals surface area contributed by atoms with Gasteiger partial charge in [0.05, 0.1) is 19.8 Å². The van der Waals surface area contributed by atoms with Crippen LogP contribution in [0.2, 0.25) is 0 Å². The number of carbonyl (C=O) groups is 2. The number of nitrogens with one attached hydrogen (secondary N) is 1. The lowest BCUT2D eigenvalue weighted by Crippen LogP contribution is -2.27. The molecular formula is C17H19NO4. The van der Waals surface area contributed by atoms with Crippen molar-refractivity contribution in [3.05, 3.63) is 53.5 Å². The molecule has 0 aliphatic carbocycles. The van der Waals surface area contributed by atoms with Crippen molar-refractivity contribution in [3.8, 4) is 5.75 Å². The zero-order chi connectivity index (χ0) is 15.9. The summed E-state index contributed by atoms with van der Waals surface area (Å²) >= 11 is 0. The van der Waals surface area contributed by atoms with Gasteiger partial charge in [0.2, 0.25) is 5.91 Å². The number of methoxy groups -OCH3 is 1. The second-order valence-electron chi connectivity index (χ2n) is 4.94. The predicted octanol–water partition coefficient (Wildman–Crippen LogP) is 2.39. The van der Waals surface area contributed by atoms with Gasteiger partial charge in [-0.2, -0.15) is 0 Å². The molecule has 0 saturated heterocycles. The van der Waals surface area contributed by atoms with Crippen LogP contribution in [0, 0.1) is 0 Å². The van der Waals surface area contributed by atoms with Crippen molar-refractivity contribution in [1.29, 1.82) is 0 Å². The average molecular weight is 301 g/mol. The maximum absolute atomic E-state index is 12.0. The predicted molar refractivity (Wildman–Crippen MR) is 82.1 cm³/mol. The highest BCUT2D eigenvalue weighted by atomic mass is 16.5. The molecule has 1 aromatic carbocycles. The molecule has 0 atom stereocenters. The Balaban J connectivity index is 1.95. The highest BCUT2D eigenvalue weighted by molar-refractivity contribution is 5.94. The molecule has 1 aromatic heterocycles. The summed E-state index contributed by atoms with van der Waals surface area (Å²) < 4.78 is 10.4. The highest BCUT2D eigenvalue weighted by Gasteiger charge is 2.11. The number of ketones is 1. The number of carbonyl (C=O) groups excluding carboxylic acids is 2. The topological polar surface area (TPSA) is 68.5 Å². The van der Waals surface area contributed by atoms with E-state index in [9.17, 15) is 9.59 Å². The van der Waals surface area contributed by atoms with E-state index in [2.05, 4.69) is 5.32 Å². The van der Waals surface area contributed by atoms with Crippen LogP contribution in [0.3, 0.4) is 0 Å². The summed E-state index contributed by atoms with van der Waals surface area (Å²) in [7, 11) is 1.54. The van der Waals surface area contributed by atoms with Gasteiger partial charge in [0.15, 0.2) is 5.78 Å². The van der Waals surface area contributed by atoms with E-state index in [1.165, 1.54) is 6.92 Å². The molecule has 0 spiro atoms. The maximum atomic E-state index is 12.0. The lowest BCUT2D eigenvalue weighted by molar-refractivity contribution is -0.120. The zero-order valence-electron chi connectivity index (χ0n) is 12.7. The van der Waals surface area contributed by atoms with Gasteiger partial charge in [-0.25, -0.2) is 0 Å². The summed E-state index contributed by atoms with van der Waals surface area (Å²) in [4.78, 5) is 23.4. The van der Waals surface area contributed by atoms with Gasteiger partial charge in [-0.1, -0.05) is 0 Å². The summed E-state index contributed by atoms with van der Waals surface area (Å²) in [6, 6.07) is 8.79. The molecule has 0 saturated carbocycles. The third-order valence-corrected chi connectivity index (χ3v) is 3.31. The molecule has 2 rings (SSSR count). The van der Waals surface area contributed by atoms with Gasteiger partial charge in [-0.15, -0.1) is 0 Å².